The monoisotopic (exact) mass is 294 g/mol. The molecule has 0 saturated heterocycles. The third-order valence-electron chi connectivity index (χ3n) is 6.13. The second-order valence-corrected chi connectivity index (χ2v) is 8.34. The van der Waals surface area contributed by atoms with Crippen molar-refractivity contribution in [2.24, 2.45) is 0 Å². The van der Waals surface area contributed by atoms with E-state index in [1.54, 1.807) is 5.56 Å². The van der Waals surface area contributed by atoms with Gasteiger partial charge in [0.1, 0.15) is 11.4 Å². The van der Waals surface area contributed by atoms with E-state index in [2.05, 4.69) is 58.9 Å². The molecule has 2 aromatic rings. The zero-order valence-corrected chi connectivity index (χ0v) is 14.4. The first-order valence-electron chi connectivity index (χ1n) is 8.59. The quantitative estimate of drug-likeness (QED) is 0.603. The van der Waals surface area contributed by atoms with Crippen molar-refractivity contribution in [1.29, 1.82) is 0 Å². The number of hydrogen-bond donors (Lipinski definition) is 0. The molecule has 2 aliphatic rings. The molecule has 0 amide bonds. The molecule has 1 heteroatoms. The number of hydrogen-bond acceptors (Lipinski definition) is 1. The number of ether oxygens (including phenoxy) is 1. The Kier molecular flexibility index (Phi) is 2.74. The minimum absolute atomic E-state index is 0.105. The third kappa shape index (κ3) is 1.77. The predicted octanol–water partition coefficient (Wildman–Crippen LogP) is 5.73. The lowest BCUT2D eigenvalue weighted by Gasteiger charge is -2.33. The van der Waals surface area contributed by atoms with Gasteiger partial charge in [-0.2, -0.15) is 0 Å². The van der Waals surface area contributed by atoms with Gasteiger partial charge in [-0.05, 0) is 55.0 Å². The lowest BCUT2D eigenvalue weighted by molar-refractivity contribution is 0.117. The number of fused-ring (bicyclic) bond motifs is 5. The molecule has 0 N–H and O–H groups in total. The molecule has 22 heavy (non-hydrogen) atoms. The van der Waals surface area contributed by atoms with Crippen molar-refractivity contribution in [3.63, 3.8) is 0 Å². The van der Waals surface area contributed by atoms with Crippen LogP contribution in [0.2, 0.25) is 0 Å². The Morgan fingerprint density at radius 3 is 2.50 bits per heavy atom. The highest BCUT2D eigenvalue weighted by Crippen LogP contribution is 2.49. The number of rotatable bonds is 0. The maximum absolute atomic E-state index is 6.36. The van der Waals surface area contributed by atoms with E-state index in [0.717, 1.165) is 5.75 Å². The Morgan fingerprint density at radius 1 is 1.00 bits per heavy atom. The smallest absolute Gasteiger partial charge is 0.131 e. The van der Waals surface area contributed by atoms with Gasteiger partial charge in [-0.15, -0.1) is 0 Å². The lowest BCUT2D eigenvalue weighted by atomic mass is 9.71. The highest BCUT2D eigenvalue weighted by molar-refractivity contribution is 5.94. The van der Waals surface area contributed by atoms with E-state index >= 15 is 0 Å². The van der Waals surface area contributed by atoms with Gasteiger partial charge in [0.05, 0.1) is 0 Å². The van der Waals surface area contributed by atoms with Crippen molar-refractivity contribution < 1.29 is 4.74 Å². The Morgan fingerprint density at radius 2 is 1.73 bits per heavy atom. The highest BCUT2D eigenvalue weighted by Gasteiger charge is 2.39. The fraction of sp³-hybridized carbons (Fsp3) is 0.524. The van der Waals surface area contributed by atoms with Crippen molar-refractivity contribution >= 4 is 10.8 Å². The van der Waals surface area contributed by atoms with E-state index in [1.807, 2.05) is 0 Å². The van der Waals surface area contributed by atoms with Gasteiger partial charge < -0.3 is 4.74 Å². The first-order valence-corrected chi connectivity index (χ1v) is 8.59. The van der Waals surface area contributed by atoms with Gasteiger partial charge in [-0.1, -0.05) is 45.0 Å². The average molecular weight is 294 g/mol. The highest BCUT2D eigenvalue weighted by atomic mass is 16.5. The molecule has 0 aromatic heterocycles. The maximum atomic E-state index is 6.36. The average Bonchev–Trinajstić information content (AvgIpc) is 2.69. The molecule has 0 spiro atoms. The first-order chi connectivity index (χ1) is 10.3. The van der Waals surface area contributed by atoms with Gasteiger partial charge >= 0.3 is 0 Å². The Balaban J connectivity index is 1.99. The molecule has 116 valence electrons. The van der Waals surface area contributed by atoms with Crippen molar-refractivity contribution in [3.8, 4) is 5.75 Å². The molecular weight excluding hydrogens is 268 g/mol. The van der Waals surface area contributed by atoms with Crippen LogP contribution in [0.25, 0.3) is 10.8 Å². The summed E-state index contributed by atoms with van der Waals surface area (Å²) in [5, 5.41) is 2.72. The summed E-state index contributed by atoms with van der Waals surface area (Å²) in [5.74, 6) is 1.57. The summed E-state index contributed by atoms with van der Waals surface area (Å²) in [6.45, 7) is 11.4. The standard InChI is InChI=1S/C21H26O/c1-13-14-8-9-15-16-7-6-12-20(2,3)18(16)11-10-17(15)19(14)22-21(13,4)5/h8-11,13H,6-7,12H2,1-5H3. The summed E-state index contributed by atoms with van der Waals surface area (Å²) >= 11 is 0. The van der Waals surface area contributed by atoms with Crippen LogP contribution in [0.15, 0.2) is 24.3 Å². The molecule has 1 aliphatic carbocycles. The van der Waals surface area contributed by atoms with Crippen LogP contribution in [0, 0.1) is 0 Å². The fourth-order valence-corrected chi connectivity index (χ4v) is 4.38. The van der Waals surface area contributed by atoms with Crippen molar-refractivity contribution in [3.05, 3.63) is 41.0 Å². The molecule has 0 bridgehead atoms. The third-order valence-corrected chi connectivity index (χ3v) is 6.13. The molecule has 1 heterocycles. The zero-order valence-electron chi connectivity index (χ0n) is 14.4. The van der Waals surface area contributed by atoms with E-state index in [4.69, 9.17) is 4.74 Å². The summed E-state index contributed by atoms with van der Waals surface area (Å²) in [4.78, 5) is 0. The molecule has 1 nitrogen and oxygen atoms in total. The summed E-state index contributed by atoms with van der Waals surface area (Å²) in [6, 6.07) is 9.30. The summed E-state index contributed by atoms with van der Waals surface area (Å²) in [5.41, 5.74) is 4.65. The van der Waals surface area contributed by atoms with Gasteiger partial charge in [0.25, 0.3) is 0 Å². The Bertz CT molecular complexity index is 767. The second kappa shape index (κ2) is 4.28. The van der Waals surface area contributed by atoms with Crippen LogP contribution in [0.1, 0.15) is 70.1 Å². The minimum atomic E-state index is -0.105. The van der Waals surface area contributed by atoms with Gasteiger partial charge in [0.2, 0.25) is 0 Å². The molecule has 0 fully saturated rings. The van der Waals surface area contributed by atoms with E-state index < -0.39 is 0 Å². The van der Waals surface area contributed by atoms with Crippen LogP contribution in [-0.4, -0.2) is 5.60 Å². The molecule has 4 rings (SSSR count). The Hall–Kier alpha value is -1.50. The molecule has 0 saturated carbocycles. The summed E-state index contributed by atoms with van der Waals surface area (Å²) in [7, 11) is 0. The fourth-order valence-electron chi connectivity index (χ4n) is 4.38. The summed E-state index contributed by atoms with van der Waals surface area (Å²) in [6.07, 6.45) is 3.78. The van der Waals surface area contributed by atoms with Crippen LogP contribution in [-0.2, 0) is 11.8 Å². The normalized spacial score (nSPS) is 24.7. The summed E-state index contributed by atoms with van der Waals surface area (Å²) < 4.78 is 6.36. The molecule has 0 radical (unpaired) electrons. The van der Waals surface area contributed by atoms with Gasteiger partial charge in [0.15, 0.2) is 0 Å². The van der Waals surface area contributed by atoms with Crippen LogP contribution in [0.4, 0.5) is 0 Å². The SMILES string of the molecule is CC1c2ccc3c4c(ccc3c2OC1(C)C)C(C)(C)CCC4. The zero-order chi connectivity index (χ0) is 15.7. The topological polar surface area (TPSA) is 9.23 Å². The Labute approximate surface area is 133 Å². The van der Waals surface area contributed by atoms with Crippen molar-refractivity contribution in [2.45, 2.75) is 70.8 Å². The van der Waals surface area contributed by atoms with Gasteiger partial charge in [-0.3, -0.25) is 0 Å². The predicted molar refractivity (Wildman–Crippen MR) is 93.0 cm³/mol. The van der Waals surface area contributed by atoms with E-state index in [0.29, 0.717) is 11.3 Å². The van der Waals surface area contributed by atoms with Crippen LogP contribution in [0.5, 0.6) is 5.75 Å². The first kappa shape index (κ1) is 14.1. The lowest BCUT2D eigenvalue weighted by Crippen LogP contribution is -2.28. The van der Waals surface area contributed by atoms with Crippen LogP contribution >= 0.6 is 0 Å². The van der Waals surface area contributed by atoms with Crippen LogP contribution < -0.4 is 4.74 Å². The van der Waals surface area contributed by atoms with Crippen molar-refractivity contribution in [1.82, 2.24) is 0 Å². The molecule has 1 aliphatic heterocycles. The molecule has 1 unspecified atom stereocenters. The largest absolute Gasteiger partial charge is 0.486 e. The van der Waals surface area contributed by atoms with E-state index in [9.17, 15) is 0 Å². The van der Waals surface area contributed by atoms with E-state index in [-0.39, 0.29) is 5.60 Å². The van der Waals surface area contributed by atoms with Crippen LogP contribution in [0.3, 0.4) is 0 Å². The maximum Gasteiger partial charge on any atom is 0.131 e. The number of aryl methyl sites for hydroxylation is 1. The van der Waals surface area contributed by atoms with Gasteiger partial charge in [-0.25, -0.2) is 0 Å². The number of benzene rings is 2. The minimum Gasteiger partial charge on any atom is -0.486 e. The molecular formula is C21H26O. The molecule has 2 aromatic carbocycles. The van der Waals surface area contributed by atoms with Gasteiger partial charge in [0, 0.05) is 16.9 Å². The van der Waals surface area contributed by atoms with Crippen molar-refractivity contribution in [2.75, 3.05) is 0 Å². The second-order valence-electron chi connectivity index (χ2n) is 8.34. The molecule has 1 atom stereocenters. The van der Waals surface area contributed by atoms with E-state index in [1.165, 1.54) is 41.2 Å².